The third-order valence-electron chi connectivity index (χ3n) is 5.54. The van der Waals surface area contributed by atoms with E-state index in [1.54, 1.807) is 6.92 Å². The maximum atomic E-state index is 10.5. The quantitative estimate of drug-likeness (QED) is 0.351. The highest BCUT2D eigenvalue weighted by atomic mass is 16.5. The van der Waals surface area contributed by atoms with Crippen molar-refractivity contribution in [1.82, 2.24) is 0 Å². The first-order valence-corrected chi connectivity index (χ1v) is 9.33. The van der Waals surface area contributed by atoms with Gasteiger partial charge in [0.05, 0.1) is 18.8 Å². The fourth-order valence-electron chi connectivity index (χ4n) is 4.08. The predicted molar refractivity (Wildman–Crippen MR) is 99.2 cm³/mol. The van der Waals surface area contributed by atoms with Crippen LogP contribution in [-0.2, 0) is 9.53 Å². The second-order valence-electron chi connectivity index (χ2n) is 7.47. The summed E-state index contributed by atoms with van der Waals surface area (Å²) < 4.78 is 5.08. The Hall–Kier alpha value is -1.61. The van der Waals surface area contributed by atoms with E-state index >= 15 is 0 Å². The Balaban J connectivity index is 1.89. The molecule has 2 saturated carbocycles. The normalized spacial score (nSPS) is 31.6. The number of aliphatic carboxylic acids is 1. The zero-order valence-corrected chi connectivity index (χ0v) is 15.6. The Bertz CT molecular complexity index is 597. The lowest BCUT2D eigenvalue weighted by Crippen LogP contribution is -2.19. The molecule has 0 aromatic rings. The highest BCUT2D eigenvalue weighted by Crippen LogP contribution is 2.50. The molecule has 2 fully saturated rings. The molecule has 2 aliphatic rings. The molecule has 26 heavy (non-hydrogen) atoms. The van der Waals surface area contributed by atoms with Crippen LogP contribution in [0.15, 0.2) is 23.8 Å². The first-order valence-electron chi connectivity index (χ1n) is 9.33. The molecule has 0 bridgehead atoms. The van der Waals surface area contributed by atoms with Crippen LogP contribution < -0.4 is 0 Å². The SMILES string of the molecule is CC#CCC(C)C(O)C=CC1C(O)CC2CC(=CCOCC(=O)O)CC21. The average molecular weight is 362 g/mol. The van der Waals surface area contributed by atoms with E-state index in [4.69, 9.17) is 9.84 Å². The van der Waals surface area contributed by atoms with Crippen molar-refractivity contribution in [2.45, 2.75) is 51.7 Å². The molecule has 5 heteroatoms. The number of aliphatic hydroxyl groups excluding tert-OH is 2. The Labute approximate surface area is 155 Å². The second-order valence-corrected chi connectivity index (χ2v) is 7.47. The summed E-state index contributed by atoms with van der Waals surface area (Å²) in [5.41, 5.74) is 1.28. The number of allylic oxidation sites excluding steroid dienone is 1. The highest BCUT2D eigenvalue weighted by Gasteiger charge is 2.45. The van der Waals surface area contributed by atoms with Crippen molar-refractivity contribution in [1.29, 1.82) is 0 Å². The molecule has 144 valence electrons. The van der Waals surface area contributed by atoms with Gasteiger partial charge in [0, 0.05) is 12.3 Å². The molecular formula is C21H30O5. The van der Waals surface area contributed by atoms with E-state index in [1.807, 2.05) is 25.2 Å². The summed E-state index contributed by atoms with van der Waals surface area (Å²) in [5, 5.41) is 29.2. The van der Waals surface area contributed by atoms with E-state index in [0.717, 1.165) is 19.3 Å². The van der Waals surface area contributed by atoms with E-state index in [1.165, 1.54) is 5.57 Å². The van der Waals surface area contributed by atoms with Crippen LogP contribution in [0.2, 0.25) is 0 Å². The summed E-state index contributed by atoms with van der Waals surface area (Å²) >= 11 is 0. The zero-order chi connectivity index (χ0) is 19.1. The molecule has 0 amide bonds. The number of rotatable bonds is 8. The monoisotopic (exact) mass is 362 g/mol. The summed E-state index contributed by atoms with van der Waals surface area (Å²) in [6, 6.07) is 0. The van der Waals surface area contributed by atoms with E-state index in [2.05, 4.69) is 11.8 Å². The van der Waals surface area contributed by atoms with Crippen molar-refractivity contribution in [3.8, 4) is 11.8 Å². The van der Waals surface area contributed by atoms with Gasteiger partial charge in [-0.05, 0) is 43.9 Å². The number of ether oxygens (including phenoxy) is 1. The van der Waals surface area contributed by atoms with Gasteiger partial charge in [0.1, 0.15) is 6.61 Å². The Morgan fingerprint density at radius 2 is 2.19 bits per heavy atom. The molecule has 0 saturated heterocycles. The molecule has 0 aliphatic heterocycles. The molecule has 0 spiro atoms. The van der Waals surface area contributed by atoms with Crippen LogP contribution in [0.25, 0.3) is 0 Å². The number of fused-ring (bicyclic) bond motifs is 1. The molecule has 0 aromatic carbocycles. The smallest absolute Gasteiger partial charge is 0.329 e. The van der Waals surface area contributed by atoms with Gasteiger partial charge in [0.25, 0.3) is 0 Å². The molecule has 0 radical (unpaired) electrons. The van der Waals surface area contributed by atoms with E-state index < -0.39 is 12.1 Å². The third kappa shape index (κ3) is 5.70. The van der Waals surface area contributed by atoms with Crippen molar-refractivity contribution in [3.63, 3.8) is 0 Å². The number of aliphatic hydroxyl groups is 2. The van der Waals surface area contributed by atoms with E-state index in [-0.39, 0.29) is 24.5 Å². The van der Waals surface area contributed by atoms with Gasteiger partial charge < -0.3 is 20.1 Å². The Kier molecular flexibility index (Phi) is 7.89. The van der Waals surface area contributed by atoms with Gasteiger partial charge >= 0.3 is 5.97 Å². The maximum Gasteiger partial charge on any atom is 0.329 e. The minimum absolute atomic E-state index is 0.0601. The molecular weight excluding hydrogens is 332 g/mol. The van der Waals surface area contributed by atoms with Crippen molar-refractivity contribution in [2.24, 2.45) is 23.7 Å². The largest absolute Gasteiger partial charge is 0.480 e. The molecule has 0 heterocycles. The van der Waals surface area contributed by atoms with Crippen LogP contribution in [0.1, 0.15) is 39.5 Å². The first-order chi connectivity index (χ1) is 12.4. The van der Waals surface area contributed by atoms with Crippen molar-refractivity contribution >= 4 is 5.97 Å². The number of carbonyl (C=O) groups is 1. The molecule has 2 aliphatic carbocycles. The van der Waals surface area contributed by atoms with Crippen molar-refractivity contribution in [2.75, 3.05) is 13.2 Å². The minimum atomic E-state index is -0.960. The van der Waals surface area contributed by atoms with Crippen LogP contribution in [0.4, 0.5) is 0 Å². The van der Waals surface area contributed by atoms with Crippen LogP contribution in [-0.4, -0.2) is 46.7 Å². The van der Waals surface area contributed by atoms with Crippen LogP contribution in [0.3, 0.4) is 0 Å². The molecule has 5 nitrogen and oxygen atoms in total. The molecule has 0 aromatic heterocycles. The zero-order valence-electron chi connectivity index (χ0n) is 15.6. The van der Waals surface area contributed by atoms with Crippen LogP contribution in [0, 0.1) is 35.5 Å². The summed E-state index contributed by atoms with van der Waals surface area (Å²) in [4.78, 5) is 10.5. The van der Waals surface area contributed by atoms with Gasteiger partial charge in [-0.15, -0.1) is 11.8 Å². The van der Waals surface area contributed by atoms with Gasteiger partial charge in [0.2, 0.25) is 0 Å². The maximum absolute atomic E-state index is 10.5. The summed E-state index contributed by atoms with van der Waals surface area (Å²) in [6.07, 6.45) is 8.15. The topological polar surface area (TPSA) is 87.0 Å². The van der Waals surface area contributed by atoms with Crippen molar-refractivity contribution in [3.05, 3.63) is 23.8 Å². The molecule has 6 atom stereocenters. The number of hydrogen-bond donors (Lipinski definition) is 3. The number of hydrogen-bond acceptors (Lipinski definition) is 4. The molecule has 6 unspecified atom stereocenters. The van der Waals surface area contributed by atoms with Crippen LogP contribution >= 0.6 is 0 Å². The lowest BCUT2D eigenvalue weighted by atomic mass is 9.89. The van der Waals surface area contributed by atoms with Gasteiger partial charge in [-0.3, -0.25) is 0 Å². The van der Waals surface area contributed by atoms with Gasteiger partial charge in [-0.1, -0.05) is 30.7 Å². The third-order valence-corrected chi connectivity index (χ3v) is 5.54. The Morgan fingerprint density at radius 3 is 2.88 bits per heavy atom. The molecule has 2 rings (SSSR count). The van der Waals surface area contributed by atoms with Gasteiger partial charge in [-0.2, -0.15) is 0 Å². The van der Waals surface area contributed by atoms with Gasteiger partial charge in [0.15, 0.2) is 0 Å². The van der Waals surface area contributed by atoms with Crippen molar-refractivity contribution < 1.29 is 24.9 Å². The Morgan fingerprint density at radius 1 is 1.42 bits per heavy atom. The summed E-state index contributed by atoms with van der Waals surface area (Å²) in [5.74, 6) is 5.83. The minimum Gasteiger partial charge on any atom is -0.480 e. The summed E-state index contributed by atoms with van der Waals surface area (Å²) in [6.45, 7) is 3.81. The van der Waals surface area contributed by atoms with Gasteiger partial charge in [-0.25, -0.2) is 4.79 Å². The van der Waals surface area contributed by atoms with E-state index in [9.17, 15) is 15.0 Å². The standard InChI is InChI=1S/C21H30O5/c1-3-4-5-14(2)19(22)7-6-17-18-11-15(8-9-26-13-21(24)25)10-16(18)12-20(17)23/h6-8,14,16-20,22-23H,5,9-13H2,1-2H3,(H,24,25). The van der Waals surface area contributed by atoms with Crippen LogP contribution in [0.5, 0.6) is 0 Å². The predicted octanol–water partition coefficient (Wildman–Crippen LogP) is 2.39. The number of carboxylic acids is 1. The fourth-order valence-corrected chi connectivity index (χ4v) is 4.08. The average Bonchev–Trinajstić information content (AvgIpc) is 3.10. The lowest BCUT2D eigenvalue weighted by molar-refractivity contribution is -0.141. The number of carboxylic acid groups (broad SMARTS) is 1. The molecule has 3 N–H and O–H groups in total. The lowest BCUT2D eigenvalue weighted by Gasteiger charge is -2.19. The summed E-state index contributed by atoms with van der Waals surface area (Å²) in [7, 11) is 0. The highest BCUT2D eigenvalue weighted by molar-refractivity contribution is 5.68. The van der Waals surface area contributed by atoms with E-state index in [0.29, 0.717) is 24.9 Å². The second kappa shape index (κ2) is 9.91. The first kappa shape index (κ1) is 20.7. The fraction of sp³-hybridized carbons (Fsp3) is 0.667.